The molecule has 1 aromatic heterocycles. The highest BCUT2D eigenvalue weighted by Gasteiger charge is 2.01. The fraction of sp³-hybridized carbons (Fsp3) is 0.0556. The van der Waals surface area contributed by atoms with Crippen LogP contribution >= 0.6 is 11.6 Å². The van der Waals surface area contributed by atoms with Gasteiger partial charge in [-0.25, -0.2) is 4.98 Å². The third kappa shape index (κ3) is 3.06. The number of allylic oxidation sites excluding steroid dienone is 1. The molecule has 3 aromatic rings. The monoisotopic (exact) mass is 295 g/mol. The Morgan fingerprint density at radius 2 is 1.90 bits per heavy atom. The van der Waals surface area contributed by atoms with Crippen LogP contribution in [0.5, 0.6) is 5.75 Å². The number of hydrogen-bond acceptors (Lipinski definition) is 2. The highest BCUT2D eigenvalue weighted by Crippen LogP contribution is 2.23. The molecule has 0 spiro atoms. The van der Waals surface area contributed by atoms with Crippen LogP contribution in [0.15, 0.2) is 54.6 Å². The first kappa shape index (κ1) is 13.7. The Morgan fingerprint density at radius 3 is 2.71 bits per heavy atom. The van der Waals surface area contributed by atoms with Gasteiger partial charge in [0.05, 0.1) is 11.2 Å². The van der Waals surface area contributed by atoms with Gasteiger partial charge in [-0.15, -0.1) is 0 Å². The van der Waals surface area contributed by atoms with Crippen molar-refractivity contribution in [2.45, 2.75) is 6.92 Å². The van der Waals surface area contributed by atoms with Gasteiger partial charge in [0.1, 0.15) is 5.75 Å². The molecule has 0 saturated heterocycles. The average molecular weight is 296 g/mol. The summed E-state index contributed by atoms with van der Waals surface area (Å²) >= 11 is 6.01. The zero-order chi connectivity index (χ0) is 14.8. The van der Waals surface area contributed by atoms with Gasteiger partial charge in [0, 0.05) is 10.4 Å². The molecule has 2 nitrogen and oxygen atoms in total. The van der Waals surface area contributed by atoms with Crippen molar-refractivity contribution >= 4 is 34.2 Å². The van der Waals surface area contributed by atoms with Crippen LogP contribution in [0.4, 0.5) is 0 Å². The lowest BCUT2D eigenvalue weighted by Crippen LogP contribution is -1.85. The van der Waals surface area contributed by atoms with Gasteiger partial charge >= 0.3 is 0 Å². The Balaban J connectivity index is 2.02. The number of hydrogen-bond donors (Lipinski definition) is 1. The highest BCUT2D eigenvalue weighted by atomic mass is 35.5. The van der Waals surface area contributed by atoms with Gasteiger partial charge in [0.2, 0.25) is 0 Å². The van der Waals surface area contributed by atoms with E-state index in [-0.39, 0.29) is 5.75 Å². The first-order chi connectivity index (χ1) is 10.1. The summed E-state index contributed by atoms with van der Waals surface area (Å²) in [5, 5.41) is 11.3. The number of phenols is 1. The molecule has 0 bridgehead atoms. The number of rotatable bonds is 2. The first-order valence-electron chi connectivity index (χ1n) is 6.66. The number of phenolic OH excluding ortho intramolecular Hbond substituents is 1. The molecule has 0 saturated carbocycles. The van der Waals surface area contributed by atoms with Crippen molar-refractivity contribution in [3.05, 3.63) is 70.9 Å². The van der Waals surface area contributed by atoms with Gasteiger partial charge in [-0.3, -0.25) is 0 Å². The normalized spacial score (nSPS) is 11.8. The van der Waals surface area contributed by atoms with Crippen LogP contribution in [-0.4, -0.2) is 10.1 Å². The topological polar surface area (TPSA) is 33.1 Å². The summed E-state index contributed by atoms with van der Waals surface area (Å²) < 4.78 is 0. The van der Waals surface area contributed by atoms with E-state index in [0.717, 1.165) is 27.7 Å². The zero-order valence-corrected chi connectivity index (χ0v) is 12.3. The van der Waals surface area contributed by atoms with Crippen molar-refractivity contribution in [2.24, 2.45) is 0 Å². The van der Waals surface area contributed by atoms with E-state index < -0.39 is 0 Å². The minimum absolute atomic E-state index is 0.263. The Hall–Kier alpha value is -2.32. The fourth-order valence-corrected chi connectivity index (χ4v) is 2.41. The molecule has 0 fully saturated rings. The number of halogens is 1. The molecule has 1 heterocycles. The van der Waals surface area contributed by atoms with E-state index in [4.69, 9.17) is 11.6 Å². The molecule has 104 valence electrons. The second-order valence-corrected chi connectivity index (χ2v) is 5.39. The van der Waals surface area contributed by atoms with Crippen molar-refractivity contribution in [2.75, 3.05) is 0 Å². The molecule has 0 aliphatic heterocycles. The summed E-state index contributed by atoms with van der Waals surface area (Å²) in [5.74, 6) is 0.263. The molecule has 3 rings (SSSR count). The Morgan fingerprint density at radius 1 is 1.10 bits per heavy atom. The zero-order valence-electron chi connectivity index (χ0n) is 11.5. The fourth-order valence-electron chi connectivity index (χ4n) is 2.24. The standard InChI is InChI=1S/C18H14ClNO/c1-12(14-3-2-4-17(21)10-14)9-16-8-6-13-5-7-15(19)11-18(13)20-16/h2-11,21H,1H3/b12-9-. The van der Waals surface area contributed by atoms with Crippen molar-refractivity contribution in [1.29, 1.82) is 0 Å². The minimum atomic E-state index is 0.263. The maximum absolute atomic E-state index is 9.54. The quantitative estimate of drug-likeness (QED) is 0.709. The van der Waals surface area contributed by atoms with Crippen LogP contribution in [0.2, 0.25) is 5.02 Å². The summed E-state index contributed by atoms with van der Waals surface area (Å²) in [6.07, 6.45) is 2.00. The van der Waals surface area contributed by atoms with E-state index in [1.807, 2.05) is 55.5 Å². The molecular formula is C18H14ClNO. The van der Waals surface area contributed by atoms with Crippen molar-refractivity contribution < 1.29 is 5.11 Å². The summed E-state index contributed by atoms with van der Waals surface area (Å²) in [6.45, 7) is 2.00. The number of aromatic hydroxyl groups is 1. The number of aromatic nitrogens is 1. The molecule has 0 unspecified atom stereocenters. The van der Waals surface area contributed by atoms with Crippen LogP contribution in [-0.2, 0) is 0 Å². The van der Waals surface area contributed by atoms with E-state index in [9.17, 15) is 5.11 Å². The van der Waals surface area contributed by atoms with E-state index in [1.54, 1.807) is 12.1 Å². The van der Waals surface area contributed by atoms with Crippen LogP contribution in [0.25, 0.3) is 22.6 Å². The average Bonchev–Trinajstić information content (AvgIpc) is 2.46. The smallest absolute Gasteiger partial charge is 0.116 e. The predicted octanol–water partition coefficient (Wildman–Crippen LogP) is 5.15. The molecule has 0 amide bonds. The number of pyridine rings is 1. The van der Waals surface area contributed by atoms with Gasteiger partial charge in [-0.1, -0.05) is 35.9 Å². The second-order valence-electron chi connectivity index (χ2n) is 4.95. The Bertz CT molecular complexity index is 839. The van der Waals surface area contributed by atoms with Gasteiger partial charge < -0.3 is 5.11 Å². The molecule has 21 heavy (non-hydrogen) atoms. The van der Waals surface area contributed by atoms with Crippen molar-refractivity contribution in [1.82, 2.24) is 4.98 Å². The van der Waals surface area contributed by atoms with Crippen LogP contribution < -0.4 is 0 Å². The van der Waals surface area contributed by atoms with Crippen molar-refractivity contribution in [3.63, 3.8) is 0 Å². The largest absolute Gasteiger partial charge is 0.508 e. The molecule has 1 N–H and O–H groups in total. The molecule has 0 atom stereocenters. The van der Waals surface area contributed by atoms with Gasteiger partial charge in [0.15, 0.2) is 0 Å². The lowest BCUT2D eigenvalue weighted by atomic mass is 10.1. The van der Waals surface area contributed by atoms with Gasteiger partial charge in [0.25, 0.3) is 0 Å². The number of nitrogens with zero attached hydrogens (tertiary/aromatic N) is 1. The Labute approximate surface area is 128 Å². The summed E-state index contributed by atoms with van der Waals surface area (Å²) in [7, 11) is 0. The minimum Gasteiger partial charge on any atom is -0.508 e. The van der Waals surface area contributed by atoms with Crippen molar-refractivity contribution in [3.8, 4) is 5.75 Å². The number of fused-ring (bicyclic) bond motifs is 1. The first-order valence-corrected chi connectivity index (χ1v) is 7.04. The maximum atomic E-state index is 9.54. The third-order valence-corrected chi connectivity index (χ3v) is 3.58. The van der Waals surface area contributed by atoms with E-state index >= 15 is 0 Å². The van der Waals surface area contributed by atoms with Gasteiger partial charge in [-0.05, 0) is 54.5 Å². The predicted molar refractivity (Wildman–Crippen MR) is 88.4 cm³/mol. The van der Waals surface area contributed by atoms with E-state index in [0.29, 0.717) is 5.02 Å². The number of benzene rings is 2. The SMILES string of the molecule is C/C(=C/c1ccc2ccc(Cl)cc2n1)c1cccc(O)c1. The van der Waals surface area contributed by atoms with Gasteiger partial charge in [-0.2, -0.15) is 0 Å². The molecule has 3 heteroatoms. The second kappa shape index (κ2) is 5.58. The van der Waals surface area contributed by atoms with Crippen LogP contribution in [0.3, 0.4) is 0 Å². The lowest BCUT2D eigenvalue weighted by Gasteiger charge is -2.04. The van der Waals surface area contributed by atoms with E-state index in [1.165, 1.54) is 0 Å². The molecule has 0 aliphatic rings. The highest BCUT2D eigenvalue weighted by molar-refractivity contribution is 6.31. The molecule has 0 aliphatic carbocycles. The van der Waals surface area contributed by atoms with E-state index in [2.05, 4.69) is 4.98 Å². The summed E-state index contributed by atoms with van der Waals surface area (Å²) in [5.41, 5.74) is 3.76. The lowest BCUT2D eigenvalue weighted by molar-refractivity contribution is 0.475. The Kier molecular flexibility index (Phi) is 3.63. The van der Waals surface area contributed by atoms with Crippen LogP contribution in [0, 0.1) is 0 Å². The summed E-state index contributed by atoms with van der Waals surface area (Å²) in [4.78, 5) is 4.60. The molecule has 2 aromatic carbocycles. The maximum Gasteiger partial charge on any atom is 0.116 e. The van der Waals surface area contributed by atoms with Crippen LogP contribution in [0.1, 0.15) is 18.2 Å². The third-order valence-electron chi connectivity index (χ3n) is 3.34. The molecule has 0 radical (unpaired) electrons. The molecular weight excluding hydrogens is 282 g/mol. The summed E-state index contributed by atoms with van der Waals surface area (Å²) in [6, 6.07) is 16.9.